The van der Waals surface area contributed by atoms with E-state index in [2.05, 4.69) is 20.9 Å². The maximum Gasteiger partial charge on any atom is 0.266 e. The number of amidine groups is 1. The molecule has 0 unspecified atom stereocenters. The third-order valence-electron chi connectivity index (χ3n) is 4.85. The minimum atomic E-state index is -0.327. The molecule has 0 bridgehead atoms. The molecule has 0 aromatic heterocycles. The summed E-state index contributed by atoms with van der Waals surface area (Å²) in [4.78, 5) is 19.6. The summed E-state index contributed by atoms with van der Waals surface area (Å²) < 4.78 is 19.8. The summed E-state index contributed by atoms with van der Waals surface area (Å²) in [6, 6.07) is 19.0. The van der Waals surface area contributed by atoms with E-state index >= 15 is 0 Å². The van der Waals surface area contributed by atoms with Crippen molar-refractivity contribution in [3.05, 3.63) is 98.1 Å². The van der Waals surface area contributed by atoms with Gasteiger partial charge in [-0.1, -0.05) is 35.9 Å². The molecule has 4 nitrogen and oxygen atoms in total. The van der Waals surface area contributed by atoms with E-state index in [9.17, 15) is 9.18 Å². The topological polar surface area (TPSA) is 41.9 Å². The predicted octanol–water partition coefficient (Wildman–Crippen LogP) is 7.44. The molecule has 1 aliphatic rings. The Morgan fingerprint density at radius 1 is 1.15 bits per heavy atom. The number of hydrogen-bond acceptors (Lipinski definition) is 4. The van der Waals surface area contributed by atoms with Crippen LogP contribution >= 0.6 is 39.3 Å². The molecule has 1 saturated heterocycles. The number of carbonyl (C=O) groups excluding carboxylic acids is 1. The summed E-state index contributed by atoms with van der Waals surface area (Å²) in [6.45, 7) is 2.73. The number of benzene rings is 3. The predicted molar refractivity (Wildman–Crippen MR) is 136 cm³/mol. The molecule has 4 rings (SSSR count). The summed E-state index contributed by atoms with van der Waals surface area (Å²) in [6.07, 6.45) is 1.82. The number of aliphatic imine (C=N–C) groups is 1. The summed E-state index contributed by atoms with van der Waals surface area (Å²) in [5, 5.41) is 1.23. The SMILES string of the molecule is CCN1C(=O)/C(=C\c2ccc(OCc3ccccc3Cl)c(Br)c2)SC1=Nc1ccc(F)cc1. The Morgan fingerprint density at radius 2 is 1.91 bits per heavy atom. The maximum absolute atomic E-state index is 13.2. The highest BCUT2D eigenvalue weighted by molar-refractivity contribution is 9.10. The molecule has 3 aromatic rings. The van der Waals surface area contributed by atoms with Crippen LogP contribution in [0.5, 0.6) is 5.75 Å². The lowest BCUT2D eigenvalue weighted by molar-refractivity contribution is -0.122. The Kier molecular flexibility index (Phi) is 7.53. The molecule has 8 heteroatoms. The van der Waals surface area contributed by atoms with Crippen LogP contribution in [0.15, 0.2) is 81.1 Å². The molecule has 1 aliphatic heterocycles. The van der Waals surface area contributed by atoms with Gasteiger partial charge in [0.2, 0.25) is 0 Å². The number of halogens is 3. The Balaban J connectivity index is 1.52. The number of rotatable bonds is 6. The first-order chi connectivity index (χ1) is 15.9. The van der Waals surface area contributed by atoms with Gasteiger partial charge in [-0.25, -0.2) is 9.38 Å². The lowest BCUT2D eigenvalue weighted by Crippen LogP contribution is -2.28. The number of likely N-dealkylation sites (N-methyl/N-ethyl adjacent to an activating group) is 1. The van der Waals surface area contributed by atoms with Crippen molar-refractivity contribution in [1.82, 2.24) is 4.90 Å². The molecule has 0 aliphatic carbocycles. The van der Waals surface area contributed by atoms with Crippen LogP contribution in [0.4, 0.5) is 10.1 Å². The smallest absolute Gasteiger partial charge is 0.266 e. The summed E-state index contributed by atoms with van der Waals surface area (Å²) in [7, 11) is 0. The van der Waals surface area contributed by atoms with Crippen molar-refractivity contribution in [3.63, 3.8) is 0 Å². The lowest BCUT2D eigenvalue weighted by atomic mass is 10.2. The van der Waals surface area contributed by atoms with Gasteiger partial charge in [0.25, 0.3) is 5.91 Å². The number of amides is 1. The number of ether oxygens (including phenoxy) is 1. The van der Waals surface area contributed by atoms with Gasteiger partial charge >= 0.3 is 0 Å². The molecular formula is C25H19BrClFN2O2S. The second-order valence-corrected chi connectivity index (χ2v) is 9.37. The van der Waals surface area contributed by atoms with E-state index in [1.165, 1.54) is 23.9 Å². The molecule has 0 saturated carbocycles. The van der Waals surface area contributed by atoms with E-state index in [-0.39, 0.29) is 11.7 Å². The molecule has 0 N–H and O–H groups in total. The second kappa shape index (κ2) is 10.5. The first-order valence-electron chi connectivity index (χ1n) is 10.2. The fraction of sp³-hybridized carbons (Fsp3) is 0.120. The standard InChI is InChI=1S/C25H19BrClFN2O2S/c1-2-30-24(31)23(33-25(30)29-19-10-8-18(28)9-11-19)14-16-7-12-22(20(26)13-16)32-15-17-5-3-4-6-21(17)27/h3-14H,2,15H2,1H3/b23-14+,29-25?. The zero-order valence-electron chi connectivity index (χ0n) is 17.6. The average Bonchev–Trinajstić information content (AvgIpc) is 3.09. The second-order valence-electron chi connectivity index (χ2n) is 7.10. The molecule has 1 heterocycles. The quantitative estimate of drug-likeness (QED) is 0.302. The van der Waals surface area contributed by atoms with Gasteiger partial charge in [0.15, 0.2) is 5.17 Å². The molecule has 0 radical (unpaired) electrons. The first-order valence-corrected chi connectivity index (χ1v) is 12.1. The molecule has 3 aromatic carbocycles. The van der Waals surface area contributed by atoms with E-state index in [0.717, 1.165) is 15.6 Å². The van der Waals surface area contributed by atoms with Crippen LogP contribution < -0.4 is 4.74 Å². The monoisotopic (exact) mass is 544 g/mol. The number of nitrogens with zero attached hydrogens (tertiary/aromatic N) is 2. The average molecular weight is 546 g/mol. The van der Waals surface area contributed by atoms with Gasteiger partial charge in [-0.3, -0.25) is 9.69 Å². The molecular weight excluding hydrogens is 527 g/mol. The summed E-state index contributed by atoms with van der Waals surface area (Å²) in [5.74, 6) is 0.238. The molecule has 1 fully saturated rings. The Hall–Kier alpha value is -2.61. The largest absolute Gasteiger partial charge is 0.488 e. The van der Waals surface area contributed by atoms with E-state index in [1.807, 2.05) is 55.5 Å². The van der Waals surface area contributed by atoms with Crippen LogP contribution in [0.2, 0.25) is 5.02 Å². The van der Waals surface area contributed by atoms with Crippen molar-refractivity contribution in [2.24, 2.45) is 4.99 Å². The van der Waals surface area contributed by atoms with Crippen LogP contribution in [0.3, 0.4) is 0 Å². The third kappa shape index (κ3) is 5.66. The van der Waals surface area contributed by atoms with Gasteiger partial charge < -0.3 is 4.74 Å². The van der Waals surface area contributed by atoms with E-state index in [0.29, 0.717) is 39.7 Å². The molecule has 33 heavy (non-hydrogen) atoms. The van der Waals surface area contributed by atoms with Crippen molar-refractivity contribution in [3.8, 4) is 5.75 Å². The van der Waals surface area contributed by atoms with Gasteiger partial charge in [-0.05, 0) is 88.7 Å². The Morgan fingerprint density at radius 3 is 2.61 bits per heavy atom. The number of hydrogen-bond donors (Lipinski definition) is 0. The highest BCUT2D eigenvalue weighted by Gasteiger charge is 2.32. The molecule has 168 valence electrons. The fourth-order valence-corrected chi connectivity index (χ4v) is 4.91. The van der Waals surface area contributed by atoms with Crippen molar-refractivity contribution < 1.29 is 13.9 Å². The highest BCUT2D eigenvalue weighted by atomic mass is 79.9. The van der Waals surface area contributed by atoms with Crippen LogP contribution in [-0.4, -0.2) is 22.5 Å². The van der Waals surface area contributed by atoms with Crippen LogP contribution in [0.25, 0.3) is 6.08 Å². The van der Waals surface area contributed by atoms with Crippen LogP contribution in [0.1, 0.15) is 18.1 Å². The van der Waals surface area contributed by atoms with E-state index in [4.69, 9.17) is 16.3 Å². The Labute approximate surface area is 209 Å². The minimum absolute atomic E-state index is 0.112. The van der Waals surface area contributed by atoms with Crippen molar-refractivity contribution in [2.75, 3.05) is 6.54 Å². The van der Waals surface area contributed by atoms with Crippen molar-refractivity contribution >= 4 is 62.1 Å². The van der Waals surface area contributed by atoms with Gasteiger partial charge in [-0.2, -0.15) is 0 Å². The maximum atomic E-state index is 13.2. The van der Waals surface area contributed by atoms with Gasteiger partial charge in [-0.15, -0.1) is 0 Å². The third-order valence-corrected chi connectivity index (χ3v) is 6.85. The first kappa shape index (κ1) is 23.5. The zero-order chi connectivity index (χ0) is 23.4. The molecule has 0 spiro atoms. The van der Waals surface area contributed by atoms with Gasteiger partial charge in [0.05, 0.1) is 15.1 Å². The molecule has 1 amide bonds. The summed E-state index contributed by atoms with van der Waals surface area (Å²) >= 11 is 11.0. The van der Waals surface area contributed by atoms with E-state index < -0.39 is 0 Å². The van der Waals surface area contributed by atoms with Crippen LogP contribution in [0, 0.1) is 5.82 Å². The summed E-state index contributed by atoms with van der Waals surface area (Å²) in [5.41, 5.74) is 2.34. The molecule has 0 atom stereocenters. The van der Waals surface area contributed by atoms with Crippen molar-refractivity contribution in [1.29, 1.82) is 0 Å². The lowest BCUT2D eigenvalue weighted by Gasteiger charge is -2.12. The van der Waals surface area contributed by atoms with Gasteiger partial charge in [0, 0.05) is 17.1 Å². The van der Waals surface area contributed by atoms with Crippen molar-refractivity contribution in [2.45, 2.75) is 13.5 Å². The van der Waals surface area contributed by atoms with Crippen LogP contribution in [-0.2, 0) is 11.4 Å². The fourth-order valence-electron chi connectivity index (χ4n) is 3.14. The number of thioether (sulfide) groups is 1. The van der Waals surface area contributed by atoms with Gasteiger partial charge in [0.1, 0.15) is 18.2 Å². The zero-order valence-corrected chi connectivity index (χ0v) is 20.8. The normalized spacial score (nSPS) is 16.1. The minimum Gasteiger partial charge on any atom is -0.488 e. The Bertz CT molecular complexity index is 1250. The number of carbonyl (C=O) groups is 1. The highest BCUT2D eigenvalue weighted by Crippen LogP contribution is 2.35. The van der Waals surface area contributed by atoms with E-state index in [1.54, 1.807) is 17.0 Å².